The Labute approximate surface area is 287 Å². The molecule has 3 aliphatic rings. The van der Waals surface area contributed by atoms with Crippen molar-refractivity contribution in [3.8, 4) is 23.0 Å². The van der Waals surface area contributed by atoms with E-state index in [1.54, 1.807) is 18.2 Å². The molecule has 3 atom stereocenters. The number of methoxy groups -OCH3 is 1. The molecule has 14 heteroatoms. The molecule has 50 heavy (non-hydrogen) atoms. The molecule has 0 aliphatic carbocycles. The standard InChI is InChI=1S/C36H40F3N7O4/c1-3-25-28(38)8-7-22-13-24(50-20-48-2)14-26(30(22)25)32-31(39)33-27(16-41-32)34(45-10-4-6-21(17-45)12-29(40)44-47)43-35(42-33)49-19-36-9-5-11-46(36)18-23(37)15-36/h3,7-8,13-14,16,21,23,47H,1,4-6,9-12,15,17-20H2,2H3,(H2,40,44)/t21?,23-,36+/m1/s1. The summed E-state index contributed by atoms with van der Waals surface area (Å²) >= 11 is 0. The largest absolute Gasteiger partial charge is 0.468 e. The van der Waals surface area contributed by atoms with Crippen LogP contribution in [0.2, 0.25) is 0 Å². The van der Waals surface area contributed by atoms with Gasteiger partial charge in [-0.3, -0.25) is 9.88 Å². The molecule has 11 nitrogen and oxygen atoms in total. The molecule has 5 heterocycles. The SMILES string of the molecule is C=Cc1c(F)ccc2cc(OCOC)cc(-c3ncc4c(N5CCCC(C/C(N)=N/O)C5)nc(OC[C@@]56CCCN5C[C@H](F)C6)nc4c3F)c12. The second-order valence-corrected chi connectivity index (χ2v) is 13.4. The number of ether oxygens (including phenoxy) is 3. The summed E-state index contributed by atoms with van der Waals surface area (Å²) in [6.07, 6.45) is 6.08. The highest BCUT2D eigenvalue weighted by molar-refractivity contribution is 6.04. The van der Waals surface area contributed by atoms with E-state index in [-0.39, 0.29) is 53.5 Å². The zero-order chi connectivity index (χ0) is 35.0. The first-order chi connectivity index (χ1) is 24.2. The number of hydrogen-bond donors (Lipinski definition) is 2. The van der Waals surface area contributed by atoms with Gasteiger partial charge in [0.15, 0.2) is 12.6 Å². The molecule has 4 aromatic rings. The van der Waals surface area contributed by atoms with Crippen LogP contribution in [0.4, 0.5) is 19.0 Å². The minimum atomic E-state index is -0.943. The van der Waals surface area contributed by atoms with E-state index in [0.29, 0.717) is 60.2 Å². The van der Waals surface area contributed by atoms with Crippen LogP contribution in [0.1, 0.15) is 44.1 Å². The molecule has 0 spiro atoms. The average Bonchev–Trinajstić information content (AvgIpc) is 3.65. The first-order valence-electron chi connectivity index (χ1n) is 16.8. The van der Waals surface area contributed by atoms with E-state index in [2.05, 4.69) is 26.6 Å². The zero-order valence-corrected chi connectivity index (χ0v) is 27.9. The molecule has 0 saturated carbocycles. The molecule has 0 radical (unpaired) electrons. The number of oxime groups is 1. The van der Waals surface area contributed by atoms with Gasteiger partial charge >= 0.3 is 6.01 Å². The van der Waals surface area contributed by atoms with Crippen LogP contribution >= 0.6 is 0 Å². The number of benzene rings is 2. The number of rotatable bonds is 11. The normalized spacial score (nSPS) is 22.7. The number of alkyl halides is 1. The van der Waals surface area contributed by atoms with E-state index in [0.717, 1.165) is 32.2 Å². The van der Waals surface area contributed by atoms with Crippen LogP contribution in [0.5, 0.6) is 11.8 Å². The fraction of sp³-hybridized carbons (Fsp3) is 0.444. The van der Waals surface area contributed by atoms with Crippen molar-refractivity contribution in [2.24, 2.45) is 16.8 Å². The van der Waals surface area contributed by atoms with Crippen LogP contribution in [-0.4, -0.2) is 89.3 Å². The summed E-state index contributed by atoms with van der Waals surface area (Å²) in [7, 11) is 1.49. The van der Waals surface area contributed by atoms with Crippen LogP contribution in [-0.2, 0) is 4.74 Å². The lowest BCUT2D eigenvalue weighted by Gasteiger charge is -2.34. The van der Waals surface area contributed by atoms with Gasteiger partial charge in [0.25, 0.3) is 0 Å². The molecule has 3 fully saturated rings. The molecule has 3 aliphatic heterocycles. The van der Waals surface area contributed by atoms with Crippen LogP contribution in [0.3, 0.4) is 0 Å². The maximum Gasteiger partial charge on any atom is 0.319 e. The van der Waals surface area contributed by atoms with Crippen LogP contribution in [0.25, 0.3) is 39.0 Å². The fourth-order valence-corrected chi connectivity index (χ4v) is 7.96. The molecule has 7 rings (SSSR count). The highest BCUT2D eigenvalue weighted by Crippen LogP contribution is 2.42. The monoisotopic (exact) mass is 691 g/mol. The number of nitrogens with zero attached hydrogens (tertiary/aromatic N) is 6. The summed E-state index contributed by atoms with van der Waals surface area (Å²) in [4.78, 5) is 18.1. The Morgan fingerprint density at radius 1 is 1.18 bits per heavy atom. The lowest BCUT2D eigenvalue weighted by Crippen LogP contribution is -2.43. The Bertz CT molecular complexity index is 1960. The van der Waals surface area contributed by atoms with Gasteiger partial charge in [0, 0.05) is 62.3 Å². The van der Waals surface area contributed by atoms with Gasteiger partial charge in [0.2, 0.25) is 0 Å². The van der Waals surface area contributed by atoms with E-state index >= 15 is 8.78 Å². The minimum Gasteiger partial charge on any atom is -0.468 e. The molecule has 2 aromatic heterocycles. The third kappa shape index (κ3) is 6.26. The van der Waals surface area contributed by atoms with Crippen molar-refractivity contribution in [3.05, 3.63) is 54.2 Å². The maximum atomic E-state index is 17.1. The van der Waals surface area contributed by atoms with Gasteiger partial charge in [-0.15, -0.1) is 0 Å². The fourth-order valence-electron chi connectivity index (χ4n) is 7.96. The number of pyridine rings is 1. The van der Waals surface area contributed by atoms with E-state index in [4.69, 9.17) is 24.9 Å². The number of amidine groups is 1. The van der Waals surface area contributed by atoms with E-state index < -0.39 is 23.3 Å². The van der Waals surface area contributed by atoms with Crippen molar-refractivity contribution in [2.75, 3.05) is 51.6 Å². The van der Waals surface area contributed by atoms with E-state index in [9.17, 15) is 9.60 Å². The van der Waals surface area contributed by atoms with Crippen molar-refractivity contribution in [3.63, 3.8) is 0 Å². The summed E-state index contributed by atoms with van der Waals surface area (Å²) in [6.45, 7) is 6.19. The summed E-state index contributed by atoms with van der Waals surface area (Å²) < 4.78 is 63.9. The smallest absolute Gasteiger partial charge is 0.319 e. The molecule has 0 bridgehead atoms. The number of piperidine rings is 1. The van der Waals surface area contributed by atoms with Crippen molar-refractivity contribution in [1.29, 1.82) is 0 Å². The van der Waals surface area contributed by atoms with Crippen LogP contribution < -0.4 is 20.1 Å². The Kier molecular flexibility index (Phi) is 9.40. The quantitative estimate of drug-likeness (QED) is 0.0630. The molecular formula is C36H40F3N7O4. The summed E-state index contributed by atoms with van der Waals surface area (Å²) in [5.74, 6) is -0.273. The Morgan fingerprint density at radius 2 is 2.04 bits per heavy atom. The second kappa shape index (κ2) is 13.9. The molecule has 3 N–H and O–H groups in total. The van der Waals surface area contributed by atoms with Crippen molar-refractivity contribution >= 4 is 39.4 Å². The van der Waals surface area contributed by atoms with Crippen molar-refractivity contribution < 1.29 is 32.6 Å². The van der Waals surface area contributed by atoms with Gasteiger partial charge in [0.1, 0.15) is 47.2 Å². The molecule has 1 unspecified atom stereocenters. The van der Waals surface area contributed by atoms with Crippen LogP contribution in [0.15, 0.2) is 42.2 Å². The highest BCUT2D eigenvalue weighted by atomic mass is 19.1. The summed E-state index contributed by atoms with van der Waals surface area (Å²) in [5.41, 5.74) is 5.75. The zero-order valence-electron chi connectivity index (χ0n) is 27.9. The van der Waals surface area contributed by atoms with Crippen molar-refractivity contribution in [2.45, 2.75) is 50.2 Å². The number of nitrogens with two attached hydrogens (primary N) is 1. The molecule has 3 saturated heterocycles. The molecule has 264 valence electrons. The first kappa shape index (κ1) is 33.8. The highest BCUT2D eigenvalue weighted by Gasteiger charge is 2.49. The first-order valence-corrected chi connectivity index (χ1v) is 16.8. The molecule has 0 amide bonds. The van der Waals surface area contributed by atoms with Gasteiger partial charge < -0.3 is 30.1 Å². The third-order valence-corrected chi connectivity index (χ3v) is 10.2. The topological polar surface area (TPSA) is 131 Å². The van der Waals surface area contributed by atoms with Gasteiger partial charge in [-0.2, -0.15) is 9.97 Å². The number of hydrogen-bond acceptors (Lipinski definition) is 10. The predicted octanol–water partition coefficient (Wildman–Crippen LogP) is 6.06. The lowest BCUT2D eigenvalue weighted by molar-refractivity contribution is 0.0512. The Morgan fingerprint density at radius 3 is 2.84 bits per heavy atom. The van der Waals surface area contributed by atoms with Gasteiger partial charge in [-0.1, -0.05) is 23.9 Å². The van der Waals surface area contributed by atoms with Gasteiger partial charge in [-0.25, -0.2) is 13.2 Å². The van der Waals surface area contributed by atoms with Gasteiger partial charge in [0.05, 0.1) is 10.9 Å². The van der Waals surface area contributed by atoms with E-state index in [1.807, 2.05) is 4.90 Å². The van der Waals surface area contributed by atoms with Crippen LogP contribution in [0, 0.1) is 17.6 Å². The Hall–Kier alpha value is -4.69. The predicted molar refractivity (Wildman–Crippen MR) is 184 cm³/mol. The number of halogens is 3. The molecule has 2 aromatic carbocycles. The number of aromatic nitrogens is 3. The summed E-state index contributed by atoms with van der Waals surface area (Å²) in [6, 6.07) is 6.18. The maximum absolute atomic E-state index is 17.1. The lowest BCUT2D eigenvalue weighted by atomic mass is 9.94. The number of anilines is 1. The number of fused-ring (bicyclic) bond motifs is 3. The van der Waals surface area contributed by atoms with E-state index in [1.165, 1.54) is 25.4 Å². The Balaban J connectivity index is 1.37. The third-order valence-electron chi connectivity index (χ3n) is 10.2. The average molecular weight is 692 g/mol. The summed E-state index contributed by atoms with van der Waals surface area (Å²) in [5, 5.41) is 13.7. The van der Waals surface area contributed by atoms with Gasteiger partial charge in [-0.05, 0) is 61.7 Å². The second-order valence-electron chi connectivity index (χ2n) is 13.4. The van der Waals surface area contributed by atoms with Crippen molar-refractivity contribution in [1.82, 2.24) is 19.9 Å². The minimum absolute atomic E-state index is 0.0305. The molecular weight excluding hydrogens is 651 g/mol.